The molecule has 0 aliphatic rings. The standard InChI is InChI=1S/C12H16ClN3O3S/c1-19-7-6-15-4-5-16-20(17,18)11-3-2-10(9-14)12(13)8-11/h2-3,8,15-16H,4-7H2,1H3. The summed E-state index contributed by atoms with van der Waals surface area (Å²) in [6.07, 6.45) is 0. The molecule has 20 heavy (non-hydrogen) atoms. The first-order valence-electron chi connectivity index (χ1n) is 5.90. The molecule has 0 aliphatic carbocycles. The highest BCUT2D eigenvalue weighted by atomic mass is 35.5. The normalized spacial score (nSPS) is 11.2. The average molecular weight is 318 g/mol. The van der Waals surface area contributed by atoms with Crippen molar-refractivity contribution in [1.29, 1.82) is 5.26 Å². The number of rotatable bonds is 8. The van der Waals surface area contributed by atoms with E-state index in [4.69, 9.17) is 21.6 Å². The quantitative estimate of drug-likeness (QED) is 0.690. The van der Waals surface area contributed by atoms with Crippen molar-refractivity contribution in [1.82, 2.24) is 10.0 Å². The monoisotopic (exact) mass is 317 g/mol. The maximum atomic E-state index is 12.0. The van der Waals surface area contributed by atoms with Gasteiger partial charge in [0.15, 0.2) is 0 Å². The topological polar surface area (TPSA) is 91.2 Å². The SMILES string of the molecule is COCCNCCNS(=O)(=O)c1ccc(C#N)c(Cl)c1. The van der Waals surface area contributed by atoms with Crippen LogP contribution in [-0.4, -0.2) is 41.8 Å². The summed E-state index contributed by atoms with van der Waals surface area (Å²) in [5.74, 6) is 0. The van der Waals surface area contributed by atoms with E-state index < -0.39 is 10.0 Å². The second-order valence-corrected chi connectivity index (χ2v) is 6.07. The number of sulfonamides is 1. The zero-order valence-corrected chi connectivity index (χ0v) is 12.6. The fourth-order valence-corrected chi connectivity index (χ4v) is 2.76. The van der Waals surface area contributed by atoms with Crippen LogP contribution in [0.2, 0.25) is 5.02 Å². The van der Waals surface area contributed by atoms with E-state index in [2.05, 4.69) is 10.0 Å². The molecule has 110 valence electrons. The fraction of sp³-hybridized carbons (Fsp3) is 0.417. The Morgan fingerprint density at radius 2 is 2.10 bits per heavy atom. The van der Waals surface area contributed by atoms with Crippen LogP contribution in [0.3, 0.4) is 0 Å². The van der Waals surface area contributed by atoms with E-state index in [9.17, 15) is 8.42 Å². The van der Waals surface area contributed by atoms with Crippen LogP contribution < -0.4 is 10.0 Å². The Morgan fingerprint density at radius 3 is 2.70 bits per heavy atom. The second-order valence-electron chi connectivity index (χ2n) is 3.89. The van der Waals surface area contributed by atoms with Crippen molar-refractivity contribution in [2.45, 2.75) is 4.90 Å². The van der Waals surface area contributed by atoms with Gasteiger partial charge in [-0.3, -0.25) is 0 Å². The highest BCUT2D eigenvalue weighted by Gasteiger charge is 2.14. The number of nitrogens with zero attached hydrogens (tertiary/aromatic N) is 1. The lowest BCUT2D eigenvalue weighted by molar-refractivity contribution is 0.199. The zero-order chi connectivity index (χ0) is 15.0. The minimum Gasteiger partial charge on any atom is -0.383 e. The largest absolute Gasteiger partial charge is 0.383 e. The molecule has 0 amide bonds. The predicted molar refractivity (Wildman–Crippen MR) is 76.1 cm³/mol. The van der Waals surface area contributed by atoms with Gasteiger partial charge >= 0.3 is 0 Å². The fourth-order valence-electron chi connectivity index (χ4n) is 1.41. The van der Waals surface area contributed by atoms with Crippen LogP contribution in [-0.2, 0) is 14.8 Å². The maximum Gasteiger partial charge on any atom is 0.240 e. The number of nitrogens with one attached hydrogen (secondary N) is 2. The first-order chi connectivity index (χ1) is 9.51. The predicted octanol–water partition coefficient (Wildman–Crippen LogP) is 0.726. The van der Waals surface area contributed by atoms with Crippen molar-refractivity contribution in [3.8, 4) is 6.07 Å². The molecule has 0 atom stereocenters. The first kappa shape index (κ1) is 16.9. The maximum absolute atomic E-state index is 12.0. The Morgan fingerprint density at radius 1 is 1.35 bits per heavy atom. The molecule has 0 unspecified atom stereocenters. The molecule has 0 bridgehead atoms. The van der Waals surface area contributed by atoms with Crippen molar-refractivity contribution in [3.05, 3.63) is 28.8 Å². The number of halogens is 1. The minimum atomic E-state index is -3.62. The second kappa shape index (κ2) is 8.19. The number of nitriles is 1. The molecule has 1 rings (SSSR count). The van der Waals surface area contributed by atoms with Gasteiger partial charge in [-0.15, -0.1) is 0 Å². The summed E-state index contributed by atoms with van der Waals surface area (Å²) in [4.78, 5) is 0.0402. The molecule has 0 fully saturated rings. The molecule has 0 saturated heterocycles. The molecular formula is C12H16ClN3O3S. The van der Waals surface area contributed by atoms with Gasteiger partial charge in [0, 0.05) is 26.7 Å². The summed E-state index contributed by atoms with van der Waals surface area (Å²) in [7, 11) is -2.02. The number of ether oxygens (including phenoxy) is 1. The van der Waals surface area contributed by atoms with Crippen molar-refractivity contribution in [3.63, 3.8) is 0 Å². The number of hydrogen-bond acceptors (Lipinski definition) is 5. The van der Waals surface area contributed by atoms with E-state index >= 15 is 0 Å². The van der Waals surface area contributed by atoms with Gasteiger partial charge < -0.3 is 10.1 Å². The Bertz CT molecular complexity index is 584. The molecule has 0 radical (unpaired) electrons. The van der Waals surface area contributed by atoms with Gasteiger partial charge in [0.1, 0.15) is 6.07 Å². The van der Waals surface area contributed by atoms with Gasteiger partial charge in [-0.2, -0.15) is 5.26 Å². The molecule has 1 aromatic rings. The van der Waals surface area contributed by atoms with Crippen molar-refractivity contribution in [2.75, 3.05) is 33.4 Å². The number of benzene rings is 1. The van der Waals surface area contributed by atoms with Crippen LogP contribution in [0.1, 0.15) is 5.56 Å². The van der Waals surface area contributed by atoms with Crippen LogP contribution in [0.15, 0.2) is 23.1 Å². The van der Waals surface area contributed by atoms with E-state index in [0.717, 1.165) is 0 Å². The van der Waals surface area contributed by atoms with Crippen LogP contribution >= 0.6 is 11.6 Å². The minimum absolute atomic E-state index is 0.0402. The Labute approximate surface area is 123 Å². The van der Waals surface area contributed by atoms with Crippen LogP contribution in [0, 0.1) is 11.3 Å². The van der Waals surface area contributed by atoms with E-state index in [1.807, 2.05) is 6.07 Å². The Kier molecular flexibility index (Phi) is 6.91. The molecule has 0 saturated carbocycles. The van der Waals surface area contributed by atoms with Gasteiger partial charge in [-0.25, -0.2) is 13.1 Å². The summed E-state index contributed by atoms with van der Waals surface area (Å²) in [6, 6.07) is 5.88. The summed E-state index contributed by atoms with van der Waals surface area (Å²) < 4.78 is 31.2. The van der Waals surface area contributed by atoms with Crippen LogP contribution in [0.25, 0.3) is 0 Å². The lowest BCUT2D eigenvalue weighted by Crippen LogP contribution is -2.33. The summed E-state index contributed by atoms with van der Waals surface area (Å²) in [5, 5.41) is 11.9. The third kappa shape index (κ3) is 5.07. The third-order valence-electron chi connectivity index (χ3n) is 2.45. The smallest absolute Gasteiger partial charge is 0.240 e. The van der Waals surface area contributed by atoms with Crippen molar-refractivity contribution < 1.29 is 13.2 Å². The van der Waals surface area contributed by atoms with Crippen molar-refractivity contribution in [2.24, 2.45) is 0 Å². The van der Waals surface area contributed by atoms with Gasteiger partial charge in [-0.05, 0) is 18.2 Å². The Balaban J connectivity index is 2.57. The summed E-state index contributed by atoms with van der Waals surface area (Å²) in [6.45, 7) is 1.97. The summed E-state index contributed by atoms with van der Waals surface area (Å²) >= 11 is 5.81. The van der Waals surface area contributed by atoms with E-state index in [0.29, 0.717) is 19.7 Å². The lowest BCUT2D eigenvalue weighted by atomic mass is 10.2. The van der Waals surface area contributed by atoms with Gasteiger partial charge in [0.05, 0.1) is 22.1 Å². The van der Waals surface area contributed by atoms with Crippen LogP contribution in [0.5, 0.6) is 0 Å². The van der Waals surface area contributed by atoms with E-state index in [1.54, 1.807) is 7.11 Å². The highest BCUT2D eigenvalue weighted by molar-refractivity contribution is 7.89. The third-order valence-corrected chi connectivity index (χ3v) is 4.22. The van der Waals surface area contributed by atoms with Gasteiger partial charge in [0.2, 0.25) is 10.0 Å². The molecule has 2 N–H and O–H groups in total. The van der Waals surface area contributed by atoms with E-state index in [-0.39, 0.29) is 22.0 Å². The molecule has 6 nitrogen and oxygen atoms in total. The van der Waals surface area contributed by atoms with Crippen molar-refractivity contribution >= 4 is 21.6 Å². The number of hydrogen-bond donors (Lipinski definition) is 2. The molecular weight excluding hydrogens is 302 g/mol. The van der Waals surface area contributed by atoms with E-state index in [1.165, 1.54) is 18.2 Å². The molecule has 0 spiro atoms. The van der Waals surface area contributed by atoms with Gasteiger partial charge in [0.25, 0.3) is 0 Å². The molecule has 0 aliphatic heterocycles. The molecule has 0 heterocycles. The lowest BCUT2D eigenvalue weighted by Gasteiger charge is -2.08. The summed E-state index contributed by atoms with van der Waals surface area (Å²) in [5.41, 5.74) is 0.242. The van der Waals surface area contributed by atoms with Gasteiger partial charge in [-0.1, -0.05) is 11.6 Å². The first-order valence-corrected chi connectivity index (χ1v) is 7.76. The Hall–Kier alpha value is -1.17. The average Bonchev–Trinajstić information content (AvgIpc) is 2.42. The zero-order valence-electron chi connectivity index (χ0n) is 11.0. The molecule has 0 aromatic heterocycles. The number of methoxy groups -OCH3 is 1. The molecule has 1 aromatic carbocycles. The molecule has 8 heteroatoms. The van der Waals surface area contributed by atoms with Crippen LogP contribution in [0.4, 0.5) is 0 Å². The highest BCUT2D eigenvalue weighted by Crippen LogP contribution is 2.19.